The molecule has 0 aliphatic carbocycles. The Kier molecular flexibility index (Phi) is 4.34. The third-order valence-electron chi connectivity index (χ3n) is 2.07. The van der Waals surface area contributed by atoms with Crippen molar-refractivity contribution < 1.29 is 9.53 Å². The summed E-state index contributed by atoms with van der Waals surface area (Å²) in [6.45, 7) is 6.49. The maximum atomic E-state index is 11.2. The Balaban J connectivity index is 2.22. The van der Waals surface area contributed by atoms with E-state index in [4.69, 9.17) is 4.74 Å². The van der Waals surface area contributed by atoms with E-state index >= 15 is 0 Å². The summed E-state index contributed by atoms with van der Waals surface area (Å²) in [6, 6.07) is 0. The second-order valence-electron chi connectivity index (χ2n) is 3.81. The molecule has 0 atom stereocenters. The molecule has 4 heteroatoms. The summed E-state index contributed by atoms with van der Waals surface area (Å²) in [5, 5.41) is 0. The zero-order valence-electron chi connectivity index (χ0n) is 9.56. The summed E-state index contributed by atoms with van der Waals surface area (Å²) >= 11 is 0. The molecule has 1 aromatic heterocycles. The number of hydrogen-bond acceptors (Lipinski definition) is 3. The van der Waals surface area contributed by atoms with Crippen LogP contribution in [0, 0.1) is 6.92 Å². The van der Waals surface area contributed by atoms with Gasteiger partial charge in [0.1, 0.15) is 5.82 Å². The summed E-state index contributed by atoms with van der Waals surface area (Å²) in [6.07, 6.45) is 4.93. The van der Waals surface area contributed by atoms with Crippen molar-refractivity contribution in [2.24, 2.45) is 0 Å². The van der Waals surface area contributed by atoms with Gasteiger partial charge in [-0.25, -0.2) is 4.98 Å². The SMILES string of the molecule is Cc1nccn1CCCC(=O)OC(C)C. The van der Waals surface area contributed by atoms with E-state index in [0.717, 1.165) is 18.8 Å². The monoisotopic (exact) mass is 210 g/mol. The van der Waals surface area contributed by atoms with Gasteiger partial charge in [-0.3, -0.25) is 4.79 Å². The minimum atomic E-state index is -0.122. The first-order chi connectivity index (χ1) is 7.09. The number of esters is 1. The van der Waals surface area contributed by atoms with E-state index in [-0.39, 0.29) is 12.1 Å². The molecule has 1 heterocycles. The maximum Gasteiger partial charge on any atom is 0.306 e. The predicted octanol–water partition coefficient (Wildman–Crippen LogP) is 1.92. The molecule has 1 rings (SSSR count). The van der Waals surface area contributed by atoms with Gasteiger partial charge in [-0.2, -0.15) is 0 Å². The molecule has 0 fully saturated rings. The summed E-state index contributed by atoms with van der Waals surface area (Å²) in [4.78, 5) is 15.3. The molecule has 1 aromatic rings. The molecule has 0 radical (unpaired) electrons. The number of hydrogen-bond donors (Lipinski definition) is 0. The van der Waals surface area contributed by atoms with E-state index in [2.05, 4.69) is 4.98 Å². The van der Waals surface area contributed by atoms with E-state index < -0.39 is 0 Å². The fourth-order valence-electron chi connectivity index (χ4n) is 1.36. The number of carbonyl (C=O) groups excluding carboxylic acids is 1. The van der Waals surface area contributed by atoms with Crippen LogP contribution in [0.4, 0.5) is 0 Å². The van der Waals surface area contributed by atoms with Crippen molar-refractivity contribution in [2.45, 2.75) is 46.3 Å². The number of imidazole rings is 1. The van der Waals surface area contributed by atoms with Gasteiger partial charge in [0.2, 0.25) is 0 Å². The van der Waals surface area contributed by atoms with Gasteiger partial charge in [0.25, 0.3) is 0 Å². The summed E-state index contributed by atoms with van der Waals surface area (Å²) < 4.78 is 7.07. The molecule has 15 heavy (non-hydrogen) atoms. The van der Waals surface area contributed by atoms with E-state index in [1.54, 1.807) is 6.20 Å². The molecule has 0 bridgehead atoms. The number of carbonyl (C=O) groups is 1. The van der Waals surface area contributed by atoms with Gasteiger partial charge in [-0.1, -0.05) is 0 Å². The Labute approximate surface area is 90.3 Å². The molecule has 0 aliphatic rings. The largest absolute Gasteiger partial charge is 0.463 e. The second kappa shape index (κ2) is 5.53. The van der Waals surface area contributed by atoms with Crippen molar-refractivity contribution in [3.8, 4) is 0 Å². The molecule has 0 spiro atoms. The number of nitrogens with zero attached hydrogens (tertiary/aromatic N) is 2. The lowest BCUT2D eigenvalue weighted by Crippen LogP contribution is -2.12. The van der Waals surface area contributed by atoms with Crippen molar-refractivity contribution >= 4 is 5.97 Å². The van der Waals surface area contributed by atoms with Crippen LogP contribution in [0.25, 0.3) is 0 Å². The molecule has 0 saturated heterocycles. The second-order valence-corrected chi connectivity index (χ2v) is 3.81. The smallest absolute Gasteiger partial charge is 0.306 e. The molecule has 0 aromatic carbocycles. The van der Waals surface area contributed by atoms with Crippen molar-refractivity contribution in [3.05, 3.63) is 18.2 Å². The van der Waals surface area contributed by atoms with Gasteiger partial charge in [0.15, 0.2) is 0 Å². The van der Waals surface area contributed by atoms with Gasteiger partial charge in [-0.05, 0) is 27.2 Å². The van der Waals surface area contributed by atoms with Crippen LogP contribution in [0.3, 0.4) is 0 Å². The Bertz CT molecular complexity index is 318. The highest BCUT2D eigenvalue weighted by molar-refractivity contribution is 5.69. The molecule has 0 aliphatic heterocycles. The van der Waals surface area contributed by atoms with Crippen LogP contribution in [-0.2, 0) is 16.1 Å². The minimum Gasteiger partial charge on any atom is -0.463 e. The van der Waals surface area contributed by atoms with Crippen LogP contribution in [0.15, 0.2) is 12.4 Å². The summed E-state index contributed by atoms with van der Waals surface area (Å²) in [5.74, 6) is 0.856. The molecule has 4 nitrogen and oxygen atoms in total. The normalized spacial score (nSPS) is 10.7. The lowest BCUT2D eigenvalue weighted by molar-refractivity contribution is -0.147. The average Bonchev–Trinajstić information content (AvgIpc) is 2.50. The average molecular weight is 210 g/mol. The Morgan fingerprint density at radius 2 is 2.33 bits per heavy atom. The zero-order chi connectivity index (χ0) is 11.3. The third kappa shape index (κ3) is 4.14. The number of ether oxygens (including phenoxy) is 1. The van der Waals surface area contributed by atoms with Crippen LogP contribution in [0.1, 0.15) is 32.5 Å². The zero-order valence-corrected chi connectivity index (χ0v) is 9.56. The summed E-state index contributed by atoms with van der Waals surface area (Å²) in [5.41, 5.74) is 0. The number of aryl methyl sites for hydroxylation is 2. The molecule has 84 valence electrons. The topological polar surface area (TPSA) is 44.1 Å². The lowest BCUT2D eigenvalue weighted by Gasteiger charge is -2.08. The number of rotatable bonds is 5. The van der Waals surface area contributed by atoms with E-state index in [0.29, 0.717) is 6.42 Å². The molecular formula is C11H18N2O2. The Morgan fingerprint density at radius 1 is 1.60 bits per heavy atom. The van der Waals surface area contributed by atoms with Crippen molar-refractivity contribution in [2.75, 3.05) is 0 Å². The van der Waals surface area contributed by atoms with Crippen LogP contribution in [0.5, 0.6) is 0 Å². The van der Waals surface area contributed by atoms with Gasteiger partial charge < -0.3 is 9.30 Å². The molecule has 0 amide bonds. The first kappa shape index (κ1) is 11.8. The van der Waals surface area contributed by atoms with E-state index in [1.165, 1.54) is 0 Å². The van der Waals surface area contributed by atoms with Gasteiger partial charge in [0.05, 0.1) is 6.10 Å². The minimum absolute atomic E-state index is 0.0209. The fraction of sp³-hybridized carbons (Fsp3) is 0.636. The third-order valence-corrected chi connectivity index (χ3v) is 2.07. The van der Waals surface area contributed by atoms with Gasteiger partial charge >= 0.3 is 5.97 Å². The molecular weight excluding hydrogens is 192 g/mol. The summed E-state index contributed by atoms with van der Waals surface area (Å²) in [7, 11) is 0. The highest BCUT2D eigenvalue weighted by Gasteiger charge is 2.05. The highest BCUT2D eigenvalue weighted by Crippen LogP contribution is 2.02. The lowest BCUT2D eigenvalue weighted by atomic mass is 10.3. The van der Waals surface area contributed by atoms with Crippen molar-refractivity contribution in [1.82, 2.24) is 9.55 Å². The first-order valence-electron chi connectivity index (χ1n) is 5.27. The molecule has 0 N–H and O–H groups in total. The molecule has 0 saturated carbocycles. The Morgan fingerprint density at radius 3 is 2.87 bits per heavy atom. The van der Waals surface area contributed by atoms with Crippen LogP contribution in [0.2, 0.25) is 0 Å². The van der Waals surface area contributed by atoms with Crippen LogP contribution >= 0.6 is 0 Å². The predicted molar refractivity (Wildman–Crippen MR) is 57.4 cm³/mol. The van der Waals surface area contributed by atoms with Crippen LogP contribution in [-0.4, -0.2) is 21.6 Å². The maximum absolute atomic E-state index is 11.2. The fourth-order valence-corrected chi connectivity index (χ4v) is 1.36. The first-order valence-corrected chi connectivity index (χ1v) is 5.27. The van der Waals surface area contributed by atoms with Gasteiger partial charge in [0, 0.05) is 25.4 Å². The van der Waals surface area contributed by atoms with Crippen LogP contribution < -0.4 is 0 Å². The van der Waals surface area contributed by atoms with Gasteiger partial charge in [-0.15, -0.1) is 0 Å². The number of aromatic nitrogens is 2. The van der Waals surface area contributed by atoms with Crippen molar-refractivity contribution in [3.63, 3.8) is 0 Å². The Hall–Kier alpha value is -1.32. The molecule has 0 unspecified atom stereocenters. The standard InChI is InChI=1S/C11H18N2O2/c1-9(2)15-11(14)5-4-7-13-8-6-12-10(13)3/h6,8-9H,4-5,7H2,1-3H3. The van der Waals surface area contributed by atoms with E-state index in [1.807, 2.05) is 31.5 Å². The van der Waals surface area contributed by atoms with Crippen molar-refractivity contribution in [1.29, 1.82) is 0 Å². The van der Waals surface area contributed by atoms with E-state index in [9.17, 15) is 4.79 Å². The highest BCUT2D eigenvalue weighted by atomic mass is 16.5. The quantitative estimate of drug-likeness (QED) is 0.697.